The second kappa shape index (κ2) is 5.72. The van der Waals surface area contributed by atoms with Gasteiger partial charge < -0.3 is 14.8 Å². The number of rotatable bonds is 6. The fourth-order valence-corrected chi connectivity index (χ4v) is 1.49. The predicted octanol–water partition coefficient (Wildman–Crippen LogP) is 2.23. The molecule has 0 fully saturated rings. The average molecular weight is 251 g/mol. The Bertz CT molecular complexity index is 214. The molecule has 0 aliphatic carbocycles. The lowest BCUT2D eigenvalue weighted by Gasteiger charge is -2.39. The van der Waals surface area contributed by atoms with Gasteiger partial charge in [-0.25, -0.2) is 0 Å². The Balaban J connectivity index is 4.38. The third-order valence-corrected chi connectivity index (χ3v) is 3.29. The van der Waals surface area contributed by atoms with Crippen molar-refractivity contribution in [2.24, 2.45) is 5.92 Å². The van der Waals surface area contributed by atoms with E-state index in [9.17, 15) is 10.1 Å². The number of aliphatic hydroxyl groups is 1. The van der Waals surface area contributed by atoms with Crippen molar-refractivity contribution < 1.29 is 14.8 Å². The van der Waals surface area contributed by atoms with Crippen molar-refractivity contribution in [2.75, 3.05) is 0 Å². The summed E-state index contributed by atoms with van der Waals surface area (Å²) in [6.45, 7) is 10.8. The molecule has 0 aromatic heterocycles. The molecule has 0 rings (SSSR count). The van der Waals surface area contributed by atoms with Crippen LogP contribution in [-0.4, -0.2) is 33.7 Å². The van der Waals surface area contributed by atoms with Crippen LogP contribution in [0.25, 0.3) is 0 Å². The molecule has 5 heteroatoms. The van der Waals surface area contributed by atoms with Crippen molar-refractivity contribution in [2.45, 2.75) is 64.4 Å². The maximum atomic E-state index is 9.88. The lowest BCUT2D eigenvalue weighted by Crippen LogP contribution is -2.52. The third kappa shape index (κ3) is 5.04. The van der Waals surface area contributed by atoms with E-state index in [1.54, 1.807) is 27.7 Å². The minimum Gasteiger partial charge on any atom is -0.426 e. The van der Waals surface area contributed by atoms with E-state index in [0.717, 1.165) is 0 Å². The summed E-state index contributed by atoms with van der Waals surface area (Å²) in [5, 5.41) is 19.2. The van der Waals surface area contributed by atoms with Crippen LogP contribution in [0.1, 0.15) is 48.0 Å². The van der Waals surface area contributed by atoms with Crippen LogP contribution in [0.5, 0.6) is 0 Å². The summed E-state index contributed by atoms with van der Waals surface area (Å²) in [5.41, 5.74) is -1.89. The SMILES string of the molecule is CC(C)CC(Cl)B(O)OC(C)(C)C(C)(C)O. The van der Waals surface area contributed by atoms with Gasteiger partial charge in [0, 0.05) is 0 Å². The van der Waals surface area contributed by atoms with Crippen molar-refractivity contribution in [1.82, 2.24) is 0 Å². The number of halogens is 1. The predicted molar refractivity (Wildman–Crippen MR) is 68.5 cm³/mol. The highest BCUT2D eigenvalue weighted by Crippen LogP contribution is 2.27. The van der Waals surface area contributed by atoms with Crippen LogP contribution >= 0.6 is 11.6 Å². The molecular formula is C11H24BClO3. The van der Waals surface area contributed by atoms with Crippen LogP contribution in [0, 0.1) is 5.92 Å². The van der Waals surface area contributed by atoms with E-state index < -0.39 is 23.6 Å². The lowest BCUT2D eigenvalue weighted by atomic mass is 9.77. The molecule has 16 heavy (non-hydrogen) atoms. The van der Waals surface area contributed by atoms with Crippen LogP contribution in [0.2, 0.25) is 0 Å². The third-order valence-electron chi connectivity index (χ3n) is 2.89. The van der Waals surface area contributed by atoms with Gasteiger partial charge in [0.05, 0.1) is 16.5 Å². The Morgan fingerprint density at radius 3 is 2.00 bits per heavy atom. The van der Waals surface area contributed by atoms with Gasteiger partial charge in [0.2, 0.25) is 0 Å². The zero-order valence-electron chi connectivity index (χ0n) is 11.1. The monoisotopic (exact) mass is 250 g/mol. The fourth-order valence-electron chi connectivity index (χ4n) is 1.09. The largest absolute Gasteiger partial charge is 0.473 e. The van der Waals surface area contributed by atoms with E-state index in [1.807, 2.05) is 13.8 Å². The second-order valence-corrected chi connectivity index (χ2v) is 6.28. The molecule has 0 spiro atoms. The molecule has 3 nitrogen and oxygen atoms in total. The van der Waals surface area contributed by atoms with E-state index in [0.29, 0.717) is 12.3 Å². The van der Waals surface area contributed by atoms with Gasteiger partial charge in [-0.15, -0.1) is 11.6 Å². The normalized spacial score (nSPS) is 15.4. The molecule has 1 atom stereocenters. The molecule has 0 aliphatic rings. The van der Waals surface area contributed by atoms with Gasteiger partial charge in [-0.2, -0.15) is 0 Å². The molecule has 0 aromatic carbocycles. The summed E-state index contributed by atoms with van der Waals surface area (Å²) >= 11 is 6.03. The molecule has 0 radical (unpaired) electrons. The summed E-state index contributed by atoms with van der Waals surface area (Å²) < 4.78 is 5.44. The Morgan fingerprint density at radius 2 is 1.69 bits per heavy atom. The van der Waals surface area contributed by atoms with Gasteiger partial charge in [-0.1, -0.05) is 13.8 Å². The molecule has 0 aliphatic heterocycles. The molecule has 96 valence electrons. The van der Waals surface area contributed by atoms with Gasteiger partial charge in [0.15, 0.2) is 0 Å². The van der Waals surface area contributed by atoms with E-state index in [1.165, 1.54) is 0 Å². The zero-order chi connectivity index (χ0) is 13.1. The van der Waals surface area contributed by atoms with Gasteiger partial charge >= 0.3 is 7.12 Å². The molecule has 0 saturated heterocycles. The standard InChI is InChI=1S/C11H24BClO3/c1-8(2)7-9(13)12(15)16-11(5,6)10(3,4)14/h8-9,14-15H,7H2,1-6H3. The minimum atomic E-state index is -1.06. The average Bonchev–Trinajstić information content (AvgIpc) is 1.99. The number of hydrogen-bond donors (Lipinski definition) is 2. The van der Waals surface area contributed by atoms with Crippen LogP contribution < -0.4 is 0 Å². The van der Waals surface area contributed by atoms with Crippen LogP contribution in [0.15, 0.2) is 0 Å². The first-order valence-electron chi connectivity index (χ1n) is 5.69. The van der Waals surface area contributed by atoms with Gasteiger partial charge in [0.1, 0.15) is 0 Å². The van der Waals surface area contributed by atoms with E-state index in [2.05, 4.69) is 0 Å². The molecular weight excluding hydrogens is 226 g/mol. The Labute approximate surface area is 104 Å². The summed E-state index contributed by atoms with van der Waals surface area (Å²) in [6.07, 6.45) is 0.671. The van der Waals surface area contributed by atoms with Gasteiger partial charge in [-0.05, 0) is 40.0 Å². The number of alkyl halides is 1. The number of hydrogen-bond acceptors (Lipinski definition) is 3. The quantitative estimate of drug-likeness (QED) is 0.561. The molecule has 0 bridgehead atoms. The first-order valence-corrected chi connectivity index (χ1v) is 6.13. The van der Waals surface area contributed by atoms with Crippen LogP contribution in [0.3, 0.4) is 0 Å². The van der Waals surface area contributed by atoms with Gasteiger partial charge in [-0.3, -0.25) is 0 Å². The van der Waals surface area contributed by atoms with Crippen molar-refractivity contribution in [3.63, 3.8) is 0 Å². The molecule has 0 aromatic rings. The Hall–Kier alpha value is 0.235. The summed E-state index contributed by atoms with van der Waals surface area (Å²) in [7, 11) is -1.06. The maximum absolute atomic E-state index is 9.88. The Morgan fingerprint density at radius 1 is 1.25 bits per heavy atom. The summed E-state index contributed by atoms with van der Waals surface area (Å²) in [4.78, 5) is 0. The van der Waals surface area contributed by atoms with E-state index in [-0.39, 0.29) is 0 Å². The second-order valence-electron chi connectivity index (χ2n) is 5.72. The van der Waals surface area contributed by atoms with Crippen molar-refractivity contribution in [1.29, 1.82) is 0 Å². The van der Waals surface area contributed by atoms with Crippen molar-refractivity contribution in [3.05, 3.63) is 0 Å². The molecule has 2 N–H and O–H groups in total. The van der Waals surface area contributed by atoms with E-state index >= 15 is 0 Å². The first kappa shape index (κ1) is 16.2. The fraction of sp³-hybridized carbons (Fsp3) is 1.00. The zero-order valence-corrected chi connectivity index (χ0v) is 11.9. The van der Waals surface area contributed by atoms with E-state index in [4.69, 9.17) is 16.3 Å². The Kier molecular flexibility index (Phi) is 5.80. The summed E-state index contributed by atoms with van der Waals surface area (Å²) in [5.74, 6) is 0.394. The highest BCUT2D eigenvalue weighted by Gasteiger charge is 2.41. The first-order chi connectivity index (χ1) is 6.97. The minimum absolute atomic E-state index is 0.394. The lowest BCUT2D eigenvalue weighted by molar-refractivity contribution is -0.100. The molecule has 1 unspecified atom stereocenters. The highest BCUT2D eigenvalue weighted by atomic mass is 35.5. The van der Waals surface area contributed by atoms with Gasteiger partial charge in [0.25, 0.3) is 0 Å². The molecule has 0 heterocycles. The van der Waals surface area contributed by atoms with Crippen molar-refractivity contribution in [3.8, 4) is 0 Å². The van der Waals surface area contributed by atoms with Crippen LogP contribution in [-0.2, 0) is 4.65 Å². The molecule has 0 saturated carbocycles. The topological polar surface area (TPSA) is 49.7 Å². The maximum Gasteiger partial charge on any atom is 0.473 e. The highest BCUT2D eigenvalue weighted by molar-refractivity contribution is 6.58. The molecule has 0 amide bonds. The van der Waals surface area contributed by atoms with Crippen LogP contribution in [0.4, 0.5) is 0 Å². The summed E-state index contributed by atoms with van der Waals surface area (Å²) in [6, 6.07) is 0. The smallest absolute Gasteiger partial charge is 0.426 e. The van der Waals surface area contributed by atoms with Crippen molar-refractivity contribution >= 4 is 18.7 Å².